The van der Waals surface area contributed by atoms with Crippen LogP contribution in [0.4, 0.5) is 0 Å². The molecule has 1 aromatic carbocycles. The topological polar surface area (TPSA) is 128 Å². The summed E-state index contributed by atoms with van der Waals surface area (Å²) in [5.41, 5.74) is 6.57. The third kappa shape index (κ3) is 7.79. The molecule has 2 aromatic rings. The van der Waals surface area contributed by atoms with Gasteiger partial charge in [0.25, 0.3) is 0 Å². The molecule has 0 radical (unpaired) electrons. The number of rotatable bonds is 6. The molecule has 1 aliphatic carbocycles. The number of hydrogen-bond acceptors (Lipinski definition) is 7. The summed E-state index contributed by atoms with van der Waals surface area (Å²) in [6.07, 6.45) is 8.56. The molecule has 1 heterocycles. The Morgan fingerprint density at radius 2 is 1.57 bits per heavy atom. The van der Waals surface area contributed by atoms with Crippen molar-refractivity contribution in [3.8, 4) is 5.75 Å². The number of aromatic nitrogens is 3. The van der Waals surface area contributed by atoms with Gasteiger partial charge >= 0.3 is 11.9 Å². The summed E-state index contributed by atoms with van der Waals surface area (Å²) < 4.78 is 5.42. The van der Waals surface area contributed by atoms with Gasteiger partial charge < -0.3 is 15.6 Å². The fourth-order valence-corrected chi connectivity index (χ4v) is 3.01. The van der Waals surface area contributed by atoms with E-state index in [1.54, 1.807) is 24.3 Å². The molecule has 28 heavy (non-hydrogen) atoms. The smallest absolute Gasteiger partial charge is 0.314 e. The van der Waals surface area contributed by atoms with Crippen molar-refractivity contribution in [2.45, 2.75) is 38.5 Å². The van der Waals surface area contributed by atoms with Crippen LogP contribution in [0.15, 0.2) is 43.2 Å². The van der Waals surface area contributed by atoms with Crippen molar-refractivity contribution in [1.82, 2.24) is 15.0 Å². The van der Waals surface area contributed by atoms with E-state index in [1.807, 2.05) is 0 Å². The van der Waals surface area contributed by atoms with Gasteiger partial charge in [0.1, 0.15) is 24.7 Å². The predicted molar refractivity (Wildman–Crippen MR) is 102 cm³/mol. The first-order valence-corrected chi connectivity index (χ1v) is 9.36. The minimum atomic E-state index is -0.816. The van der Waals surface area contributed by atoms with Crippen LogP contribution in [0.2, 0.25) is 0 Å². The number of carbonyl (C=O) groups is 2. The highest BCUT2D eigenvalue weighted by molar-refractivity contribution is 5.75. The van der Waals surface area contributed by atoms with Crippen molar-refractivity contribution in [3.05, 3.63) is 48.8 Å². The van der Waals surface area contributed by atoms with E-state index in [-0.39, 0.29) is 18.3 Å². The molecule has 1 saturated carbocycles. The Balaban J connectivity index is 0.000000397. The van der Waals surface area contributed by atoms with Crippen molar-refractivity contribution < 1.29 is 19.4 Å². The van der Waals surface area contributed by atoms with Gasteiger partial charge in [-0.15, -0.1) is 0 Å². The molecule has 0 amide bonds. The first-order valence-electron chi connectivity index (χ1n) is 9.36. The molecule has 1 fully saturated rings. The second kappa shape index (κ2) is 11.8. The lowest BCUT2D eigenvalue weighted by Gasteiger charge is -2.26. The van der Waals surface area contributed by atoms with Crippen LogP contribution < -0.4 is 10.5 Å². The zero-order valence-electron chi connectivity index (χ0n) is 15.7. The second-order valence-electron chi connectivity index (χ2n) is 6.71. The Morgan fingerprint density at radius 3 is 2.04 bits per heavy atom. The van der Waals surface area contributed by atoms with Crippen LogP contribution in [-0.4, -0.2) is 38.5 Å². The van der Waals surface area contributed by atoms with Gasteiger partial charge in [0.2, 0.25) is 0 Å². The molecular weight excluding hydrogens is 360 g/mol. The molecule has 8 heteroatoms. The number of aryl methyl sites for hydroxylation is 1. The number of benzene rings is 1. The molecule has 0 bridgehead atoms. The summed E-state index contributed by atoms with van der Waals surface area (Å²) >= 11 is 0. The predicted octanol–water partition coefficient (Wildman–Crippen LogP) is 2.25. The Bertz CT molecular complexity index is 690. The third-order valence-electron chi connectivity index (χ3n) is 4.68. The van der Waals surface area contributed by atoms with Crippen LogP contribution in [0.5, 0.6) is 5.75 Å². The van der Waals surface area contributed by atoms with Crippen LogP contribution in [0.3, 0.4) is 0 Å². The third-order valence-corrected chi connectivity index (χ3v) is 4.68. The van der Waals surface area contributed by atoms with Crippen molar-refractivity contribution >= 4 is 11.9 Å². The summed E-state index contributed by atoms with van der Waals surface area (Å²) in [6.45, 7) is 0.694. The molecule has 1 aromatic heterocycles. The molecule has 0 aliphatic heterocycles. The monoisotopic (exact) mass is 386 g/mol. The Kier molecular flexibility index (Phi) is 9.00. The molecule has 3 rings (SSSR count). The zero-order chi connectivity index (χ0) is 20.2. The Morgan fingerprint density at radius 1 is 1.00 bits per heavy atom. The molecule has 0 saturated heterocycles. The maximum Gasteiger partial charge on any atom is 0.314 e. The van der Waals surface area contributed by atoms with E-state index in [1.165, 1.54) is 19.0 Å². The van der Waals surface area contributed by atoms with E-state index in [4.69, 9.17) is 15.6 Å². The maximum absolute atomic E-state index is 12.1. The number of esters is 1. The van der Waals surface area contributed by atoms with Crippen molar-refractivity contribution in [3.63, 3.8) is 0 Å². The van der Waals surface area contributed by atoms with Gasteiger partial charge in [-0.05, 0) is 62.3 Å². The Labute approximate surface area is 164 Å². The molecular formula is C20H26N4O4. The van der Waals surface area contributed by atoms with Crippen molar-refractivity contribution in [1.29, 1.82) is 0 Å². The molecule has 1 aliphatic rings. The molecule has 3 N–H and O–H groups in total. The van der Waals surface area contributed by atoms with E-state index in [0.717, 1.165) is 31.2 Å². The number of nitrogens with zero attached hydrogens (tertiary/aromatic N) is 3. The largest absolute Gasteiger partial charge is 0.481 e. The fraction of sp³-hybridized carbons (Fsp3) is 0.450. The lowest BCUT2D eigenvalue weighted by molar-refractivity contribution is -0.140. The average molecular weight is 386 g/mol. The SMILES string of the molecule is NC[C@H]1CC[C@H](C(=O)Oc2ccc(CCC(=O)O)cc2)CC1.c1ncncn1. The molecule has 8 nitrogen and oxygen atoms in total. The number of carboxylic acids is 1. The van der Waals surface area contributed by atoms with Crippen LogP contribution in [0.1, 0.15) is 37.7 Å². The quantitative estimate of drug-likeness (QED) is 0.571. The molecule has 0 atom stereocenters. The standard InChI is InChI=1S/C17H23NO4.C3H3N3/c18-11-13-1-6-14(7-2-13)17(21)22-15-8-3-12(4-9-15)5-10-16(19)20;1-4-2-6-3-5-1/h3-4,8-9,13-14H,1-2,5-7,10-11,18H2,(H,19,20);1-3H/t13-,14-;. The minimum Gasteiger partial charge on any atom is -0.481 e. The fourth-order valence-electron chi connectivity index (χ4n) is 3.01. The van der Waals surface area contributed by atoms with Crippen LogP contribution in [0.25, 0.3) is 0 Å². The minimum absolute atomic E-state index is 0.0329. The number of hydrogen-bond donors (Lipinski definition) is 2. The lowest BCUT2D eigenvalue weighted by atomic mass is 9.82. The van der Waals surface area contributed by atoms with Gasteiger partial charge in [-0.3, -0.25) is 9.59 Å². The van der Waals surface area contributed by atoms with Gasteiger partial charge in [0.05, 0.1) is 5.92 Å². The maximum atomic E-state index is 12.1. The molecule has 0 spiro atoms. The van der Waals surface area contributed by atoms with Gasteiger partial charge in [0.15, 0.2) is 0 Å². The summed E-state index contributed by atoms with van der Waals surface area (Å²) in [4.78, 5) is 33.3. The number of nitrogens with two attached hydrogens (primary N) is 1. The first-order chi connectivity index (χ1) is 13.6. The molecule has 0 unspecified atom stereocenters. The van der Waals surface area contributed by atoms with E-state index < -0.39 is 5.97 Å². The van der Waals surface area contributed by atoms with E-state index in [2.05, 4.69) is 15.0 Å². The van der Waals surface area contributed by atoms with Gasteiger partial charge in [-0.1, -0.05) is 12.1 Å². The van der Waals surface area contributed by atoms with Gasteiger partial charge in [0, 0.05) is 6.42 Å². The lowest BCUT2D eigenvalue weighted by Crippen LogP contribution is -2.28. The first kappa shape index (κ1) is 21.4. The summed E-state index contributed by atoms with van der Waals surface area (Å²) in [6, 6.07) is 7.05. The normalized spacial score (nSPS) is 18.5. The van der Waals surface area contributed by atoms with Crippen molar-refractivity contribution in [2.24, 2.45) is 17.6 Å². The number of ether oxygens (including phenoxy) is 1. The zero-order valence-corrected chi connectivity index (χ0v) is 15.7. The summed E-state index contributed by atoms with van der Waals surface area (Å²) in [5.74, 6) is 0.0365. The Hall–Kier alpha value is -2.87. The summed E-state index contributed by atoms with van der Waals surface area (Å²) in [5, 5.41) is 8.65. The number of carboxylic acid groups (broad SMARTS) is 1. The number of carbonyl (C=O) groups excluding carboxylic acids is 1. The summed E-state index contributed by atoms with van der Waals surface area (Å²) in [7, 11) is 0. The van der Waals surface area contributed by atoms with E-state index in [9.17, 15) is 9.59 Å². The van der Waals surface area contributed by atoms with E-state index >= 15 is 0 Å². The average Bonchev–Trinajstić information content (AvgIpc) is 2.75. The highest BCUT2D eigenvalue weighted by atomic mass is 16.5. The van der Waals surface area contributed by atoms with Crippen LogP contribution in [0, 0.1) is 11.8 Å². The van der Waals surface area contributed by atoms with Crippen LogP contribution in [-0.2, 0) is 16.0 Å². The highest BCUT2D eigenvalue weighted by Gasteiger charge is 2.27. The number of aliphatic carboxylic acids is 1. The van der Waals surface area contributed by atoms with Gasteiger partial charge in [-0.25, -0.2) is 15.0 Å². The van der Waals surface area contributed by atoms with E-state index in [0.29, 0.717) is 24.6 Å². The van der Waals surface area contributed by atoms with Crippen LogP contribution >= 0.6 is 0 Å². The second-order valence-corrected chi connectivity index (χ2v) is 6.71. The molecule has 150 valence electrons. The van der Waals surface area contributed by atoms with Gasteiger partial charge in [-0.2, -0.15) is 0 Å². The van der Waals surface area contributed by atoms with Crippen molar-refractivity contribution in [2.75, 3.05) is 6.54 Å². The highest BCUT2D eigenvalue weighted by Crippen LogP contribution is 2.29.